The maximum absolute atomic E-state index is 11.4. The highest BCUT2D eigenvalue weighted by molar-refractivity contribution is 5.75. The van der Waals surface area contributed by atoms with E-state index < -0.39 is 0 Å². The minimum absolute atomic E-state index is 0.0569. The van der Waals surface area contributed by atoms with E-state index in [-0.39, 0.29) is 24.0 Å². The van der Waals surface area contributed by atoms with Crippen molar-refractivity contribution in [2.45, 2.75) is 45.7 Å². The van der Waals surface area contributed by atoms with Gasteiger partial charge in [-0.25, -0.2) is 0 Å². The predicted molar refractivity (Wildman–Crippen MR) is 58.1 cm³/mol. The molecule has 0 aromatic heterocycles. The summed E-state index contributed by atoms with van der Waals surface area (Å²) < 4.78 is 4.71. The Hall–Kier alpha value is -1.08. The molecule has 2 atom stereocenters. The molecule has 4 nitrogen and oxygen atoms in total. The molecule has 0 saturated heterocycles. The van der Waals surface area contributed by atoms with Gasteiger partial charge >= 0.3 is 5.97 Å². The zero-order chi connectivity index (χ0) is 11.8. The van der Waals surface area contributed by atoms with Gasteiger partial charge in [0.15, 0.2) is 0 Å². The number of nitriles is 1. The third kappa shape index (κ3) is 4.80. The first-order valence-corrected chi connectivity index (χ1v) is 5.27. The maximum Gasteiger partial charge on any atom is 0.323 e. The second kappa shape index (κ2) is 7.24. The Labute approximate surface area is 91.6 Å². The summed E-state index contributed by atoms with van der Waals surface area (Å²) in [5, 5.41) is 11.8. The number of nitrogens with zero attached hydrogens (tertiary/aromatic N) is 1. The Morgan fingerprint density at radius 3 is 2.47 bits per heavy atom. The number of carbonyl (C=O) groups excluding carboxylic acids is 1. The molecular weight excluding hydrogens is 192 g/mol. The Bertz CT molecular complexity index is 233. The van der Waals surface area contributed by atoms with Crippen LogP contribution in [0, 0.1) is 17.2 Å². The number of hydrogen-bond acceptors (Lipinski definition) is 4. The lowest BCUT2D eigenvalue weighted by Crippen LogP contribution is -2.46. The van der Waals surface area contributed by atoms with Crippen molar-refractivity contribution in [3.8, 4) is 6.07 Å². The number of rotatable bonds is 6. The molecule has 0 aliphatic heterocycles. The second-order valence-corrected chi connectivity index (χ2v) is 3.88. The molecule has 0 saturated carbocycles. The van der Waals surface area contributed by atoms with Crippen molar-refractivity contribution in [1.29, 1.82) is 5.26 Å². The zero-order valence-corrected chi connectivity index (χ0v) is 9.91. The fourth-order valence-electron chi connectivity index (χ4n) is 1.34. The molecule has 4 heteroatoms. The molecule has 0 aromatic carbocycles. The van der Waals surface area contributed by atoms with Crippen molar-refractivity contribution >= 4 is 5.97 Å². The summed E-state index contributed by atoms with van der Waals surface area (Å²) >= 11 is 0. The first-order chi connectivity index (χ1) is 7.06. The lowest BCUT2D eigenvalue weighted by Gasteiger charge is -2.24. The van der Waals surface area contributed by atoms with Crippen molar-refractivity contribution in [2.24, 2.45) is 5.92 Å². The third-order valence-electron chi connectivity index (χ3n) is 2.37. The summed E-state index contributed by atoms with van der Waals surface area (Å²) in [6, 6.07) is 1.84. The van der Waals surface area contributed by atoms with E-state index in [1.807, 2.05) is 20.8 Å². The molecule has 0 fully saturated rings. The van der Waals surface area contributed by atoms with E-state index in [0.29, 0.717) is 6.42 Å². The first-order valence-electron chi connectivity index (χ1n) is 5.27. The van der Waals surface area contributed by atoms with Gasteiger partial charge in [0.2, 0.25) is 0 Å². The summed E-state index contributed by atoms with van der Waals surface area (Å²) in [5.41, 5.74) is 0. The molecule has 0 aliphatic carbocycles. The van der Waals surface area contributed by atoms with Crippen LogP contribution < -0.4 is 5.32 Å². The van der Waals surface area contributed by atoms with E-state index in [1.54, 1.807) is 0 Å². The minimum atomic E-state index is -0.326. The molecule has 0 radical (unpaired) electrons. The standard InChI is InChI=1S/C11H20N2O2/c1-5-9(6-7-12)13-10(8(2)3)11(14)15-4/h8-10,13H,5-6H2,1-4H3. The van der Waals surface area contributed by atoms with Crippen LogP contribution in [-0.2, 0) is 9.53 Å². The van der Waals surface area contributed by atoms with Gasteiger partial charge in [-0.05, 0) is 12.3 Å². The van der Waals surface area contributed by atoms with Crippen LogP contribution in [0.1, 0.15) is 33.6 Å². The van der Waals surface area contributed by atoms with Gasteiger partial charge in [-0.2, -0.15) is 5.26 Å². The fraction of sp³-hybridized carbons (Fsp3) is 0.818. The van der Waals surface area contributed by atoms with E-state index in [1.165, 1.54) is 7.11 Å². The summed E-state index contributed by atoms with van der Waals surface area (Å²) in [6.07, 6.45) is 1.24. The van der Waals surface area contributed by atoms with Crippen molar-refractivity contribution in [1.82, 2.24) is 5.32 Å². The summed E-state index contributed by atoms with van der Waals surface area (Å²) in [5.74, 6) is -0.105. The zero-order valence-electron chi connectivity index (χ0n) is 9.91. The Balaban J connectivity index is 4.39. The molecule has 86 valence electrons. The van der Waals surface area contributed by atoms with Crippen LogP contribution in [0.4, 0.5) is 0 Å². The van der Waals surface area contributed by atoms with Crippen LogP contribution >= 0.6 is 0 Å². The van der Waals surface area contributed by atoms with Gasteiger partial charge in [0.1, 0.15) is 6.04 Å². The number of methoxy groups -OCH3 is 1. The summed E-state index contributed by atoms with van der Waals surface area (Å²) in [7, 11) is 1.38. The number of carbonyl (C=O) groups is 1. The van der Waals surface area contributed by atoms with Crippen molar-refractivity contribution in [3.05, 3.63) is 0 Å². The lowest BCUT2D eigenvalue weighted by molar-refractivity contribution is -0.144. The largest absolute Gasteiger partial charge is 0.468 e. The highest BCUT2D eigenvalue weighted by Crippen LogP contribution is 2.07. The molecule has 0 amide bonds. The Morgan fingerprint density at radius 2 is 2.13 bits per heavy atom. The average Bonchev–Trinajstić information content (AvgIpc) is 2.22. The molecule has 15 heavy (non-hydrogen) atoms. The summed E-state index contributed by atoms with van der Waals surface area (Å²) in [6.45, 7) is 5.89. The highest BCUT2D eigenvalue weighted by Gasteiger charge is 2.24. The van der Waals surface area contributed by atoms with Gasteiger partial charge < -0.3 is 10.1 Å². The SMILES string of the molecule is CCC(CC#N)NC(C(=O)OC)C(C)C. The van der Waals surface area contributed by atoms with Crippen LogP contribution in [0.25, 0.3) is 0 Å². The topological polar surface area (TPSA) is 62.1 Å². The third-order valence-corrected chi connectivity index (χ3v) is 2.37. The second-order valence-electron chi connectivity index (χ2n) is 3.88. The van der Waals surface area contributed by atoms with E-state index in [4.69, 9.17) is 10.00 Å². The molecule has 1 N–H and O–H groups in total. The van der Waals surface area contributed by atoms with E-state index >= 15 is 0 Å². The number of ether oxygens (including phenoxy) is 1. The number of hydrogen-bond donors (Lipinski definition) is 1. The van der Waals surface area contributed by atoms with Gasteiger partial charge in [-0.3, -0.25) is 4.79 Å². The van der Waals surface area contributed by atoms with Gasteiger partial charge in [-0.15, -0.1) is 0 Å². The van der Waals surface area contributed by atoms with Gasteiger partial charge in [-0.1, -0.05) is 20.8 Å². The molecule has 0 rings (SSSR count). The van der Waals surface area contributed by atoms with Gasteiger partial charge in [0, 0.05) is 6.04 Å². The smallest absolute Gasteiger partial charge is 0.323 e. The number of nitrogens with one attached hydrogen (secondary N) is 1. The average molecular weight is 212 g/mol. The van der Waals surface area contributed by atoms with E-state index in [0.717, 1.165) is 6.42 Å². The highest BCUT2D eigenvalue weighted by atomic mass is 16.5. The summed E-state index contributed by atoms with van der Waals surface area (Å²) in [4.78, 5) is 11.4. The fourth-order valence-corrected chi connectivity index (χ4v) is 1.34. The van der Waals surface area contributed by atoms with E-state index in [9.17, 15) is 4.79 Å². The number of esters is 1. The maximum atomic E-state index is 11.4. The molecule has 0 spiro atoms. The van der Waals surface area contributed by atoms with Crippen LogP contribution in [0.5, 0.6) is 0 Å². The molecule has 0 aliphatic rings. The molecular formula is C11H20N2O2. The van der Waals surface area contributed by atoms with Crippen LogP contribution in [0.2, 0.25) is 0 Å². The molecule has 0 aromatic rings. The van der Waals surface area contributed by atoms with Crippen LogP contribution in [-0.4, -0.2) is 25.2 Å². The van der Waals surface area contributed by atoms with Gasteiger partial charge in [0.05, 0.1) is 19.6 Å². The van der Waals surface area contributed by atoms with Gasteiger partial charge in [0.25, 0.3) is 0 Å². The molecule has 0 heterocycles. The lowest BCUT2D eigenvalue weighted by atomic mass is 10.0. The Kier molecular flexibility index (Phi) is 6.72. The predicted octanol–water partition coefficient (Wildman–Crippen LogP) is 1.47. The van der Waals surface area contributed by atoms with Crippen LogP contribution in [0.15, 0.2) is 0 Å². The normalized spacial score (nSPS) is 14.4. The first kappa shape index (κ1) is 13.9. The van der Waals surface area contributed by atoms with Crippen molar-refractivity contribution < 1.29 is 9.53 Å². The minimum Gasteiger partial charge on any atom is -0.468 e. The van der Waals surface area contributed by atoms with Crippen molar-refractivity contribution in [3.63, 3.8) is 0 Å². The Morgan fingerprint density at radius 1 is 1.53 bits per heavy atom. The van der Waals surface area contributed by atoms with Crippen LogP contribution in [0.3, 0.4) is 0 Å². The quantitative estimate of drug-likeness (QED) is 0.677. The molecule has 2 unspecified atom stereocenters. The monoisotopic (exact) mass is 212 g/mol. The van der Waals surface area contributed by atoms with E-state index in [2.05, 4.69) is 11.4 Å². The van der Waals surface area contributed by atoms with Crippen molar-refractivity contribution in [2.75, 3.05) is 7.11 Å². The molecule has 0 bridgehead atoms.